The quantitative estimate of drug-likeness (QED) is 0.770. The van der Waals surface area contributed by atoms with Crippen molar-refractivity contribution in [2.24, 2.45) is 5.14 Å². The van der Waals surface area contributed by atoms with E-state index in [-0.39, 0.29) is 56.3 Å². The number of rotatable bonds is 3. The molecule has 15 heavy (non-hydrogen) atoms. The largest absolute Gasteiger partial charge is 0.493 e. The van der Waals surface area contributed by atoms with Gasteiger partial charge in [-0.2, -0.15) is 0 Å². The van der Waals surface area contributed by atoms with Crippen molar-refractivity contribution in [2.45, 2.75) is 4.90 Å². The zero-order valence-electron chi connectivity index (χ0n) is 8.85. The Hall–Kier alpha value is 0.366. The third kappa shape index (κ3) is 4.02. The van der Waals surface area contributed by atoms with Crippen molar-refractivity contribution in [3.8, 4) is 11.5 Å². The fraction of sp³-hybridized carbons (Fsp3) is 0.250. The number of primary sulfonamides is 1. The van der Waals surface area contributed by atoms with Crippen molar-refractivity contribution in [1.82, 2.24) is 0 Å². The molecule has 0 aliphatic carbocycles. The maximum atomic E-state index is 11.0. The van der Waals surface area contributed by atoms with E-state index in [1.165, 1.54) is 32.4 Å². The van der Waals surface area contributed by atoms with Crippen LogP contribution in [0.5, 0.6) is 11.5 Å². The molecule has 79 valence electrons. The van der Waals surface area contributed by atoms with E-state index in [9.17, 15) is 8.42 Å². The molecule has 0 aliphatic heterocycles. The molecule has 5 nitrogen and oxygen atoms in total. The predicted octanol–water partition coefficient (Wildman–Crippen LogP) is -0.0296. The van der Waals surface area contributed by atoms with Gasteiger partial charge in [0.1, 0.15) is 0 Å². The van der Waals surface area contributed by atoms with Gasteiger partial charge in [0.25, 0.3) is 0 Å². The van der Waals surface area contributed by atoms with E-state index in [4.69, 9.17) is 14.6 Å². The van der Waals surface area contributed by atoms with E-state index in [1.807, 2.05) is 0 Å². The molecule has 0 spiro atoms. The van der Waals surface area contributed by atoms with Gasteiger partial charge in [0, 0.05) is 57.5 Å². The number of hydrogen-bond donors (Lipinski definition) is 1. The van der Waals surface area contributed by atoms with Gasteiger partial charge in [-0.05, 0) is 12.1 Å². The maximum absolute atomic E-state index is 11.0. The second-order valence-electron chi connectivity index (χ2n) is 2.56. The minimum atomic E-state index is -3.70. The van der Waals surface area contributed by atoms with Crippen LogP contribution in [0.4, 0.5) is 0 Å². The molecule has 2 N–H and O–H groups in total. The number of hydrogen-bond acceptors (Lipinski definition) is 4. The second-order valence-corrected chi connectivity index (χ2v) is 4.12. The van der Waals surface area contributed by atoms with E-state index in [0.717, 1.165) is 0 Å². The average Bonchev–Trinajstić information content (AvgIpc) is 2.15. The summed E-state index contributed by atoms with van der Waals surface area (Å²) in [6.07, 6.45) is 0. The van der Waals surface area contributed by atoms with Gasteiger partial charge in [-0.3, -0.25) is 0 Å². The smallest absolute Gasteiger partial charge is 0.238 e. The van der Waals surface area contributed by atoms with Gasteiger partial charge >= 0.3 is 0 Å². The standard InChI is InChI=1S/C8H11NO4S.K/c1-12-7-4-3-6(14(9,10)11)5-8(7)13-2;/h3-5H,1-2H3,(H2,9,10,11);. The fourth-order valence-corrected chi connectivity index (χ4v) is 1.52. The Morgan fingerprint density at radius 3 is 2.07 bits per heavy atom. The normalized spacial score (nSPS) is 10.3. The van der Waals surface area contributed by atoms with Crippen LogP contribution in [0.3, 0.4) is 0 Å². The van der Waals surface area contributed by atoms with Gasteiger partial charge in [-0.25, -0.2) is 13.6 Å². The number of sulfonamides is 1. The van der Waals surface area contributed by atoms with Crippen molar-refractivity contribution < 1.29 is 17.9 Å². The fourth-order valence-electron chi connectivity index (χ4n) is 0.994. The van der Waals surface area contributed by atoms with E-state index in [0.29, 0.717) is 11.5 Å². The number of nitrogens with two attached hydrogens (primary N) is 1. The van der Waals surface area contributed by atoms with Gasteiger partial charge in [0.2, 0.25) is 10.0 Å². The maximum Gasteiger partial charge on any atom is 0.238 e. The van der Waals surface area contributed by atoms with Crippen LogP contribution in [-0.2, 0) is 10.0 Å². The molecular weight excluding hydrogens is 245 g/mol. The molecule has 1 aromatic rings. The summed E-state index contributed by atoms with van der Waals surface area (Å²) >= 11 is 0. The molecule has 0 saturated carbocycles. The molecule has 1 rings (SSSR count). The Morgan fingerprint density at radius 1 is 1.13 bits per heavy atom. The van der Waals surface area contributed by atoms with Crippen LogP contribution in [0.25, 0.3) is 0 Å². The summed E-state index contributed by atoms with van der Waals surface area (Å²) < 4.78 is 31.8. The first-order valence-electron chi connectivity index (χ1n) is 3.74. The van der Waals surface area contributed by atoms with Crippen molar-refractivity contribution in [3.05, 3.63) is 18.2 Å². The second kappa shape index (κ2) is 6.19. The Labute approximate surface area is 131 Å². The molecule has 0 bridgehead atoms. The molecule has 1 radical (unpaired) electrons. The topological polar surface area (TPSA) is 78.6 Å². The minimum Gasteiger partial charge on any atom is -0.493 e. The van der Waals surface area contributed by atoms with Crippen molar-refractivity contribution in [2.75, 3.05) is 14.2 Å². The third-order valence-electron chi connectivity index (χ3n) is 1.68. The molecule has 0 atom stereocenters. The van der Waals surface area contributed by atoms with Crippen LogP contribution >= 0.6 is 0 Å². The first kappa shape index (κ1) is 15.4. The molecule has 1 aromatic carbocycles. The summed E-state index contributed by atoms with van der Waals surface area (Å²) in [5, 5.41) is 4.95. The van der Waals surface area contributed by atoms with Gasteiger partial charge in [0.15, 0.2) is 11.5 Å². The van der Waals surface area contributed by atoms with E-state index in [2.05, 4.69) is 0 Å². The monoisotopic (exact) mass is 256 g/mol. The Kier molecular flexibility index (Phi) is 6.34. The predicted molar refractivity (Wildman–Crippen MR) is 56.7 cm³/mol. The Bertz CT molecular complexity index is 432. The summed E-state index contributed by atoms with van der Waals surface area (Å²) in [6, 6.07) is 4.16. The first-order chi connectivity index (χ1) is 6.49. The van der Waals surface area contributed by atoms with Crippen LogP contribution in [0.15, 0.2) is 23.1 Å². The molecular formula is C8H11KNO4S. The third-order valence-corrected chi connectivity index (χ3v) is 2.59. The number of ether oxygens (including phenoxy) is 2. The molecule has 0 heterocycles. The van der Waals surface area contributed by atoms with Gasteiger partial charge in [-0.1, -0.05) is 0 Å². The minimum absolute atomic E-state index is 0. The molecule has 0 amide bonds. The van der Waals surface area contributed by atoms with Crippen LogP contribution < -0.4 is 14.6 Å². The summed E-state index contributed by atoms with van der Waals surface area (Å²) in [4.78, 5) is -0.00449. The summed E-state index contributed by atoms with van der Waals surface area (Å²) in [6.45, 7) is 0. The van der Waals surface area contributed by atoms with Crippen LogP contribution in [0, 0.1) is 0 Å². The number of benzene rings is 1. The SMILES string of the molecule is COc1ccc(S(N)(=O)=O)cc1OC.[K]. The molecule has 0 aliphatic rings. The zero-order valence-corrected chi connectivity index (χ0v) is 12.8. The molecule has 0 saturated heterocycles. The van der Waals surface area contributed by atoms with Gasteiger partial charge < -0.3 is 9.47 Å². The number of methoxy groups -OCH3 is 2. The van der Waals surface area contributed by atoms with E-state index < -0.39 is 10.0 Å². The van der Waals surface area contributed by atoms with Gasteiger partial charge in [0.05, 0.1) is 19.1 Å². The molecule has 7 heteroatoms. The summed E-state index contributed by atoms with van der Waals surface area (Å²) in [7, 11) is -0.808. The van der Waals surface area contributed by atoms with Crippen molar-refractivity contribution >= 4 is 61.4 Å². The van der Waals surface area contributed by atoms with Crippen LogP contribution in [0.1, 0.15) is 0 Å². The van der Waals surface area contributed by atoms with Crippen molar-refractivity contribution in [1.29, 1.82) is 0 Å². The molecule has 0 unspecified atom stereocenters. The first-order valence-corrected chi connectivity index (χ1v) is 5.28. The summed E-state index contributed by atoms with van der Waals surface area (Å²) in [5.74, 6) is 0.791. The van der Waals surface area contributed by atoms with E-state index in [1.54, 1.807) is 0 Å². The zero-order chi connectivity index (χ0) is 10.8. The molecule has 0 aromatic heterocycles. The Balaban J connectivity index is 0.00000196. The van der Waals surface area contributed by atoms with Crippen LogP contribution in [0.2, 0.25) is 0 Å². The van der Waals surface area contributed by atoms with Crippen LogP contribution in [-0.4, -0.2) is 74.0 Å². The van der Waals surface area contributed by atoms with Crippen molar-refractivity contribution in [3.63, 3.8) is 0 Å². The molecule has 0 fully saturated rings. The summed E-state index contributed by atoms with van der Waals surface area (Å²) in [5.41, 5.74) is 0. The Morgan fingerprint density at radius 2 is 1.67 bits per heavy atom. The average molecular weight is 256 g/mol. The van der Waals surface area contributed by atoms with Gasteiger partial charge in [-0.15, -0.1) is 0 Å². The van der Waals surface area contributed by atoms with E-state index >= 15 is 0 Å².